The normalized spacial score (nSPS) is 38.5. The first-order valence-electron chi connectivity index (χ1n) is 10.6. The molecule has 0 saturated carbocycles. The van der Waals surface area contributed by atoms with Crippen molar-refractivity contribution in [1.29, 1.82) is 0 Å². The molecule has 0 N–H and O–H groups in total. The molecule has 4 heterocycles. The molecule has 3 saturated heterocycles. The molecule has 4 heteroatoms. The van der Waals surface area contributed by atoms with E-state index >= 15 is 0 Å². The SMILES string of the molecule is C=CCC1C2CC(CN1C)C1CCCCN1C2C1=CN(C(C)=O)CCC1. The van der Waals surface area contributed by atoms with Crippen molar-refractivity contribution < 1.29 is 4.79 Å². The summed E-state index contributed by atoms with van der Waals surface area (Å²) in [6, 6.07) is 1.85. The molecule has 4 rings (SSSR count). The number of nitrogens with zero attached hydrogens (tertiary/aromatic N) is 3. The number of carbonyl (C=O) groups excluding carboxylic acids is 1. The van der Waals surface area contributed by atoms with E-state index in [4.69, 9.17) is 0 Å². The first-order chi connectivity index (χ1) is 12.6. The van der Waals surface area contributed by atoms with E-state index in [0.717, 1.165) is 37.8 Å². The first-order valence-corrected chi connectivity index (χ1v) is 10.6. The molecule has 5 atom stereocenters. The second kappa shape index (κ2) is 7.47. The lowest BCUT2D eigenvalue weighted by atomic mass is 9.66. The molecular weight excluding hydrogens is 322 g/mol. The van der Waals surface area contributed by atoms with Gasteiger partial charge < -0.3 is 9.80 Å². The summed E-state index contributed by atoms with van der Waals surface area (Å²) in [5, 5.41) is 0. The van der Waals surface area contributed by atoms with Crippen LogP contribution in [-0.4, -0.2) is 65.4 Å². The van der Waals surface area contributed by atoms with Gasteiger partial charge >= 0.3 is 0 Å². The van der Waals surface area contributed by atoms with E-state index in [9.17, 15) is 4.79 Å². The number of fused-ring (bicyclic) bond motifs is 4. The van der Waals surface area contributed by atoms with Gasteiger partial charge in [-0.05, 0) is 69.5 Å². The number of hydrogen-bond donors (Lipinski definition) is 0. The zero-order valence-corrected chi connectivity index (χ0v) is 16.6. The molecule has 26 heavy (non-hydrogen) atoms. The summed E-state index contributed by atoms with van der Waals surface area (Å²) in [4.78, 5) is 19.4. The summed E-state index contributed by atoms with van der Waals surface area (Å²) in [6.07, 6.45) is 13.1. The molecule has 3 fully saturated rings. The summed E-state index contributed by atoms with van der Waals surface area (Å²) in [5.41, 5.74) is 1.52. The van der Waals surface area contributed by atoms with Crippen molar-refractivity contribution in [2.75, 3.05) is 26.7 Å². The smallest absolute Gasteiger partial charge is 0.223 e. The maximum atomic E-state index is 12.0. The fraction of sp³-hybridized carbons (Fsp3) is 0.773. The summed E-state index contributed by atoms with van der Waals surface area (Å²) in [7, 11) is 2.32. The third-order valence-electron chi connectivity index (χ3n) is 7.44. The minimum atomic E-state index is 0.189. The standard InChI is InChI=1S/C22H35N3O/c1-4-8-21-19-13-18(14-23(21)3)20-10-5-6-12-25(20)22(19)17-9-7-11-24(15-17)16(2)26/h4,15,18-22H,1,5-14H2,2-3H3. The van der Waals surface area contributed by atoms with Crippen molar-refractivity contribution in [3.63, 3.8) is 0 Å². The first kappa shape index (κ1) is 18.2. The van der Waals surface area contributed by atoms with Crippen molar-refractivity contribution in [3.8, 4) is 0 Å². The van der Waals surface area contributed by atoms with Crippen LogP contribution >= 0.6 is 0 Å². The predicted molar refractivity (Wildman–Crippen MR) is 106 cm³/mol. The molecule has 0 spiro atoms. The van der Waals surface area contributed by atoms with E-state index < -0.39 is 0 Å². The van der Waals surface area contributed by atoms with Crippen molar-refractivity contribution in [2.24, 2.45) is 11.8 Å². The Hall–Kier alpha value is -1.13. The van der Waals surface area contributed by atoms with Crippen LogP contribution in [0.4, 0.5) is 0 Å². The Morgan fingerprint density at radius 2 is 2.15 bits per heavy atom. The number of amides is 1. The molecular formula is C22H35N3O. The third-order valence-corrected chi connectivity index (χ3v) is 7.44. The summed E-state index contributed by atoms with van der Waals surface area (Å²) < 4.78 is 0. The Balaban J connectivity index is 1.70. The van der Waals surface area contributed by atoms with Crippen LogP contribution in [0.3, 0.4) is 0 Å². The van der Waals surface area contributed by atoms with Crippen LogP contribution < -0.4 is 0 Å². The van der Waals surface area contributed by atoms with Gasteiger partial charge in [0.15, 0.2) is 0 Å². The molecule has 4 aliphatic rings. The topological polar surface area (TPSA) is 26.8 Å². The lowest BCUT2D eigenvalue weighted by molar-refractivity contribution is -0.126. The van der Waals surface area contributed by atoms with Gasteiger partial charge in [-0.2, -0.15) is 0 Å². The molecule has 4 aliphatic heterocycles. The van der Waals surface area contributed by atoms with Gasteiger partial charge in [0, 0.05) is 44.3 Å². The number of likely N-dealkylation sites (tertiary alicyclic amines) is 1. The Labute approximate surface area is 158 Å². The summed E-state index contributed by atoms with van der Waals surface area (Å²) in [5.74, 6) is 1.68. The summed E-state index contributed by atoms with van der Waals surface area (Å²) in [6.45, 7) is 9.11. The third kappa shape index (κ3) is 3.16. The Morgan fingerprint density at radius 1 is 1.31 bits per heavy atom. The largest absolute Gasteiger partial charge is 0.319 e. The highest BCUT2D eigenvalue weighted by Gasteiger charge is 2.51. The molecule has 2 bridgehead atoms. The molecule has 0 aromatic carbocycles. The zero-order chi connectivity index (χ0) is 18.3. The molecule has 0 radical (unpaired) electrons. The number of piperidine rings is 3. The van der Waals surface area contributed by atoms with Gasteiger partial charge in [0.25, 0.3) is 0 Å². The minimum Gasteiger partial charge on any atom is -0.319 e. The molecule has 5 unspecified atom stereocenters. The van der Waals surface area contributed by atoms with E-state index in [0.29, 0.717) is 18.0 Å². The van der Waals surface area contributed by atoms with Crippen molar-refractivity contribution >= 4 is 5.91 Å². The molecule has 144 valence electrons. The maximum Gasteiger partial charge on any atom is 0.223 e. The highest BCUT2D eigenvalue weighted by Crippen LogP contribution is 2.47. The van der Waals surface area contributed by atoms with E-state index in [1.807, 2.05) is 4.90 Å². The lowest BCUT2D eigenvalue weighted by Gasteiger charge is -2.60. The van der Waals surface area contributed by atoms with Crippen LogP contribution in [0.15, 0.2) is 24.4 Å². The lowest BCUT2D eigenvalue weighted by Crippen LogP contribution is -2.66. The predicted octanol–water partition coefficient (Wildman–Crippen LogP) is 3.26. The van der Waals surface area contributed by atoms with Gasteiger partial charge in [0.2, 0.25) is 5.91 Å². The van der Waals surface area contributed by atoms with E-state index in [-0.39, 0.29) is 5.91 Å². The van der Waals surface area contributed by atoms with E-state index in [1.54, 1.807) is 6.92 Å². The van der Waals surface area contributed by atoms with E-state index in [1.165, 1.54) is 44.3 Å². The van der Waals surface area contributed by atoms with Gasteiger partial charge in [-0.25, -0.2) is 0 Å². The zero-order valence-electron chi connectivity index (χ0n) is 16.6. The van der Waals surface area contributed by atoms with Crippen LogP contribution in [0.1, 0.15) is 51.9 Å². The molecule has 0 aliphatic carbocycles. The second-order valence-electron chi connectivity index (χ2n) is 8.96. The van der Waals surface area contributed by atoms with Crippen LogP contribution in [0.5, 0.6) is 0 Å². The van der Waals surface area contributed by atoms with Gasteiger partial charge in [0.05, 0.1) is 0 Å². The molecule has 0 aromatic rings. The highest BCUT2D eigenvalue weighted by molar-refractivity contribution is 5.74. The van der Waals surface area contributed by atoms with Crippen molar-refractivity contribution in [3.05, 3.63) is 24.4 Å². The van der Waals surface area contributed by atoms with Crippen LogP contribution in [0.25, 0.3) is 0 Å². The minimum absolute atomic E-state index is 0.189. The Bertz CT molecular complexity index is 586. The molecule has 0 aromatic heterocycles. The molecule has 4 nitrogen and oxygen atoms in total. The maximum absolute atomic E-state index is 12.0. The Kier molecular flexibility index (Phi) is 5.24. The van der Waals surface area contributed by atoms with Crippen molar-refractivity contribution in [2.45, 2.75) is 70.0 Å². The number of rotatable bonds is 3. The summed E-state index contributed by atoms with van der Waals surface area (Å²) >= 11 is 0. The van der Waals surface area contributed by atoms with Crippen molar-refractivity contribution in [1.82, 2.24) is 14.7 Å². The van der Waals surface area contributed by atoms with Crippen LogP contribution in [0.2, 0.25) is 0 Å². The quantitative estimate of drug-likeness (QED) is 0.726. The molecule has 1 amide bonds. The average Bonchev–Trinajstić information content (AvgIpc) is 2.65. The number of hydrogen-bond acceptors (Lipinski definition) is 3. The van der Waals surface area contributed by atoms with Crippen LogP contribution in [-0.2, 0) is 4.79 Å². The second-order valence-corrected chi connectivity index (χ2v) is 8.96. The fourth-order valence-corrected chi connectivity index (χ4v) is 6.38. The highest BCUT2D eigenvalue weighted by atomic mass is 16.2. The Morgan fingerprint density at radius 3 is 2.92 bits per heavy atom. The van der Waals surface area contributed by atoms with Gasteiger partial charge in [-0.3, -0.25) is 9.69 Å². The van der Waals surface area contributed by atoms with Crippen LogP contribution in [0, 0.1) is 11.8 Å². The average molecular weight is 358 g/mol. The number of carbonyl (C=O) groups is 1. The van der Waals surface area contributed by atoms with Gasteiger partial charge in [0.1, 0.15) is 0 Å². The monoisotopic (exact) mass is 357 g/mol. The van der Waals surface area contributed by atoms with E-state index in [2.05, 4.69) is 35.7 Å². The fourth-order valence-electron chi connectivity index (χ4n) is 6.38. The van der Waals surface area contributed by atoms with Gasteiger partial charge in [-0.15, -0.1) is 6.58 Å². The van der Waals surface area contributed by atoms with Gasteiger partial charge in [-0.1, -0.05) is 12.5 Å².